The minimum atomic E-state index is -0.126. The molecule has 0 aromatic carbocycles. The number of hydrogen-bond donors (Lipinski definition) is 1. The normalized spacial score (nSPS) is 24.9. The summed E-state index contributed by atoms with van der Waals surface area (Å²) >= 11 is 0. The van der Waals surface area contributed by atoms with Crippen molar-refractivity contribution in [2.24, 2.45) is 5.92 Å². The number of carbonyl (C=O) groups is 1. The molecule has 4 heteroatoms. The third kappa shape index (κ3) is 2.12. The van der Waals surface area contributed by atoms with Gasteiger partial charge in [-0.2, -0.15) is 0 Å². The van der Waals surface area contributed by atoms with Crippen molar-refractivity contribution in [2.75, 3.05) is 32.8 Å². The summed E-state index contributed by atoms with van der Waals surface area (Å²) in [5, 5.41) is 3.32. The SMILES string of the molecule is O=C1OCCN1CC1CCNCC1. The topological polar surface area (TPSA) is 41.6 Å². The summed E-state index contributed by atoms with van der Waals surface area (Å²) in [5.41, 5.74) is 0. The van der Waals surface area contributed by atoms with Crippen molar-refractivity contribution in [2.45, 2.75) is 12.8 Å². The average Bonchev–Trinajstić information content (AvgIpc) is 2.54. The Morgan fingerprint density at radius 3 is 2.85 bits per heavy atom. The molecule has 0 bridgehead atoms. The summed E-state index contributed by atoms with van der Waals surface area (Å²) in [4.78, 5) is 13.0. The second kappa shape index (κ2) is 3.96. The van der Waals surface area contributed by atoms with Crippen LogP contribution in [0, 0.1) is 5.92 Å². The third-order valence-electron chi connectivity index (χ3n) is 2.78. The van der Waals surface area contributed by atoms with Gasteiger partial charge in [0.2, 0.25) is 0 Å². The predicted octanol–water partition coefficient (Wildman–Crippen LogP) is 0.438. The lowest BCUT2D eigenvalue weighted by molar-refractivity contribution is 0.151. The quantitative estimate of drug-likeness (QED) is 0.677. The van der Waals surface area contributed by atoms with Gasteiger partial charge in [-0.1, -0.05) is 0 Å². The number of nitrogens with one attached hydrogen (secondary N) is 1. The molecular weight excluding hydrogens is 168 g/mol. The lowest BCUT2D eigenvalue weighted by atomic mass is 9.98. The first-order chi connectivity index (χ1) is 6.36. The van der Waals surface area contributed by atoms with Gasteiger partial charge in [-0.05, 0) is 31.8 Å². The molecule has 0 aromatic heterocycles. The summed E-state index contributed by atoms with van der Waals surface area (Å²) in [6, 6.07) is 0. The Kier molecular flexibility index (Phi) is 2.68. The molecule has 0 saturated carbocycles. The molecule has 74 valence electrons. The summed E-state index contributed by atoms with van der Waals surface area (Å²) in [6.45, 7) is 4.42. The van der Waals surface area contributed by atoms with Gasteiger partial charge in [-0.15, -0.1) is 0 Å². The van der Waals surface area contributed by atoms with E-state index in [-0.39, 0.29) is 6.09 Å². The van der Waals surface area contributed by atoms with E-state index in [9.17, 15) is 4.79 Å². The molecule has 13 heavy (non-hydrogen) atoms. The molecule has 2 saturated heterocycles. The van der Waals surface area contributed by atoms with Gasteiger partial charge in [-0.3, -0.25) is 0 Å². The van der Waals surface area contributed by atoms with E-state index in [1.165, 1.54) is 12.8 Å². The van der Waals surface area contributed by atoms with Crippen LogP contribution in [-0.2, 0) is 4.74 Å². The fraction of sp³-hybridized carbons (Fsp3) is 0.889. The van der Waals surface area contributed by atoms with Gasteiger partial charge < -0.3 is 15.0 Å². The molecule has 0 spiro atoms. The molecule has 2 fully saturated rings. The maximum absolute atomic E-state index is 11.1. The van der Waals surface area contributed by atoms with E-state index < -0.39 is 0 Å². The van der Waals surface area contributed by atoms with E-state index in [1.807, 2.05) is 4.90 Å². The maximum Gasteiger partial charge on any atom is 0.409 e. The van der Waals surface area contributed by atoms with Crippen LogP contribution < -0.4 is 5.32 Å². The van der Waals surface area contributed by atoms with E-state index in [4.69, 9.17) is 4.74 Å². The van der Waals surface area contributed by atoms with E-state index >= 15 is 0 Å². The van der Waals surface area contributed by atoms with E-state index in [0.717, 1.165) is 26.2 Å². The lowest BCUT2D eigenvalue weighted by Crippen LogP contribution is -2.36. The fourth-order valence-electron chi connectivity index (χ4n) is 1.97. The molecule has 2 aliphatic rings. The smallest absolute Gasteiger partial charge is 0.409 e. The minimum absolute atomic E-state index is 0.126. The van der Waals surface area contributed by atoms with Crippen molar-refractivity contribution in [1.29, 1.82) is 0 Å². The number of nitrogens with zero attached hydrogens (tertiary/aromatic N) is 1. The number of amides is 1. The number of ether oxygens (including phenoxy) is 1. The Balaban J connectivity index is 1.79. The molecule has 1 N–H and O–H groups in total. The summed E-state index contributed by atoms with van der Waals surface area (Å²) in [6.07, 6.45) is 2.24. The van der Waals surface area contributed by atoms with E-state index in [1.54, 1.807) is 0 Å². The molecule has 0 radical (unpaired) electrons. The second-order valence-corrected chi connectivity index (χ2v) is 3.75. The largest absolute Gasteiger partial charge is 0.448 e. The molecule has 2 aliphatic heterocycles. The number of rotatable bonds is 2. The molecule has 1 amide bonds. The predicted molar refractivity (Wildman–Crippen MR) is 48.5 cm³/mol. The highest BCUT2D eigenvalue weighted by atomic mass is 16.6. The van der Waals surface area contributed by atoms with Crippen molar-refractivity contribution in [1.82, 2.24) is 10.2 Å². The molecule has 2 heterocycles. The zero-order chi connectivity index (χ0) is 9.10. The zero-order valence-corrected chi connectivity index (χ0v) is 7.79. The van der Waals surface area contributed by atoms with Crippen LogP contribution in [-0.4, -0.2) is 43.8 Å². The highest BCUT2D eigenvalue weighted by Gasteiger charge is 2.25. The number of carbonyl (C=O) groups excluding carboxylic acids is 1. The Labute approximate surface area is 78.2 Å². The minimum Gasteiger partial charge on any atom is -0.448 e. The summed E-state index contributed by atoms with van der Waals surface area (Å²) in [7, 11) is 0. The zero-order valence-electron chi connectivity index (χ0n) is 7.79. The number of hydrogen-bond acceptors (Lipinski definition) is 3. The summed E-state index contributed by atoms with van der Waals surface area (Å²) < 4.78 is 4.88. The van der Waals surface area contributed by atoms with E-state index in [0.29, 0.717) is 12.5 Å². The molecule has 0 atom stereocenters. The van der Waals surface area contributed by atoms with Gasteiger partial charge in [0, 0.05) is 6.54 Å². The molecular formula is C9H16N2O2. The number of piperidine rings is 1. The maximum atomic E-state index is 11.1. The highest BCUT2D eigenvalue weighted by Crippen LogP contribution is 2.15. The van der Waals surface area contributed by atoms with Crippen LogP contribution in [0.2, 0.25) is 0 Å². The van der Waals surface area contributed by atoms with Crippen molar-refractivity contribution >= 4 is 6.09 Å². The first-order valence-electron chi connectivity index (χ1n) is 4.98. The Bertz CT molecular complexity index is 190. The molecule has 0 unspecified atom stereocenters. The Morgan fingerprint density at radius 2 is 2.23 bits per heavy atom. The third-order valence-corrected chi connectivity index (χ3v) is 2.78. The first kappa shape index (κ1) is 8.81. The summed E-state index contributed by atoms with van der Waals surface area (Å²) in [5.74, 6) is 0.673. The van der Waals surface area contributed by atoms with Gasteiger partial charge in [0.15, 0.2) is 0 Å². The van der Waals surface area contributed by atoms with Crippen molar-refractivity contribution in [3.8, 4) is 0 Å². The van der Waals surface area contributed by atoms with Gasteiger partial charge in [0.05, 0.1) is 6.54 Å². The monoisotopic (exact) mass is 184 g/mol. The average molecular weight is 184 g/mol. The molecule has 0 aliphatic carbocycles. The second-order valence-electron chi connectivity index (χ2n) is 3.75. The Hall–Kier alpha value is -0.770. The van der Waals surface area contributed by atoms with E-state index in [2.05, 4.69) is 5.32 Å². The van der Waals surface area contributed by atoms with Crippen LogP contribution in [0.15, 0.2) is 0 Å². The lowest BCUT2D eigenvalue weighted by Gasteiger charge is -2.25. The number of cyclic esters (lactones) is 1. The van der Waals surface area contributed by atoms with Crippen LogP contribution in [0.4, 0.5) is 4.79 Å². The molecule has 0 aromatic rings. The van der Waals surface area contributed by atoms with Crippen molar-refractivity contribution in [3.63, 3.8) is 0 Å². The molecule has 4 nitrogen and oxygen atoms in total. The fourth-order valence-corrected chi connectivity index (χ4v) is 1.97. The van der Waals surface area contributed by atoms with Gasteiger partial charge >= 0.3 is 6.09 Å². The van der Waals surface area contributed by atoms with Crippen molar-refractivity contribution in [3.05, 3.63) is 0 Å². The Morgan fingerprint density at radius 1 is 1.46 bits per heavy atom. The molecule has 2 rings (SSSR count). The van der Waals surface area contributed by atoms with Crippen LogP contribution >= 0.6 is 0 Å². The highest BCUT2D eigenvalue weighted by molar-refractivity contribution is 5.69. The van der Waals surface area contributed by atoms with Crippen molar-refractivity contribution < 1.29 is 9.53 Å². The van der Waals surface area contributed by atoms with Gasteiger partial charge in [0.1, 0.15) is 6.61 Å². The van der Waals surface area contributed by atoms with Crippen LogP contribution in [0.1, 0.15) is 12.8 Å². The standard InChI is InChI=1S/C9H16N2O2/c12-9-11(5-6-13-9)7-8-1-3-10-4-2-8/h8,10H,1-7H2. The van der Waals surface area contributed by atoms with Crippen LogP contribution in [0.25, 0.3) is 0 Å². The van der Waals surface area contributed by atoms with Crippen LogP contribution in [0.3, 0.4) is 0 Å². The first-order valence-corrected chi connectivity index (χ1v) is 4.98. The van der Waals surface area contributed by atoms with Gasteiger partial charge in [0.25, 0.3) is 0 Å². The van der Waals surface area contributed by atoms with Gasteiger partial charge in [-0.25, -0.2) is 4.79 Å². The van der Waals surface area contributed by atoms with Crippen LogP contribution in [0.5, 0.6) is 0 Å².